The van der Waals surface area contributed by atoms with Crippen LogP contribution in [-0.2, 0) is 14.3 Å². The summed E-state index contributed by atoms with van der Waals surface area (Å²) in [6.07, 6.45) is 6.42. The first kappa shape index (κ1) is 27.4. The predicted octanol–water partition coefficient (Wildman–Crippen LogP) is 5.28. The van der Waals surface area contributed by atoms with Gasteiger partial charge in [0.1, 0.15) is 6.10 Å². The molecule has 0 aliphatic heterocycles. The molecule has 36 heavy (non-hydrogen) atoms. The molecule has 6 nitrogen and oxygen atoms in total. The van der Waals surface area contributed by atoms with Crippen LogP contribution in [0.2, 0.25) is 0 Å². The molecule has 0 amide bonds. The predicted molar refractivity (Wildman–Crippen MR) is 138 cm³/mol. The zero-order valence-corrected chi connectivity index (χ0v) is 22.9. The number of aliphatic hydroxyl groups is 2. The van der Waals surface area contributed by atoms with Crippen molar-refractivity contribution in [3.8, 4) is 0 Å². The lowest BCUT2D eigenvalue weighted by atomic mass is 9.42. The minimum absolute atomic E-state index is 0.0581. The number of aliphatic carboxylic acids is 1. The SMILES string of the molecule is CC(=O)O[C@H]1C[C@@]2(C)[C@@H](C[C@@H](O)[C@@H]3[C@@H]2CC[C@@H]2[C@H](C)[C@H](O)CC[C@]32C)/C1=C(\CCC=C(C)C)C(=O)O. The summed E-state index contributed by atoms with van der Waals surface area (Å²) in [6.45, 7) is 12.1. The number of aliphatic hydroxyl groups excluding tert-OH is 2. The second kappa shape index (κ2) is 9.90. The van der Waals surface area contributed by atoms with E-state index in [4.69, 9.17) is 4.74 Å². The van der Waals surface area contributed by atoms with Crippen LogP contribution in [0.1, 0.15) is 92.9 Å². The number of carboxylic acids is 1. The Morgan fingerprint density at radius 2 is 1.69 bits per heavy atom. The highest BCUT2D eigenvalue weighted by molar-refractivity contribution is 5.88. The zero-order valence-electron chi connectivity index (χ0n) is 22.9. The van der Waals surface area contributed by atoms with Crippen LogP contribution in [0.5, 0.6) is 0 Å². The molecule has 0 bridgehead atoms. The van der Waals surface area contributed by atoms with Gasteiger partial charge in [-0.15, -0.1) is 0 Å². The smallest absolute Gasteiger partial charge is 0.331 e. The molecule has 4 aliphatic rings. The fourth-order valence-electron chi connectivity index (χ4n) is 9.24. The Balaban J connectivity index is 1.77. The van der Waals surface area contributed by atoms with Gasteiger partial charge in [-0.05, 0) is 111 Å². The monoisotopic (exact) mass is 502 g/mol. The van der Waals surface area contributed by atoms with Crippen LogP contribution in [0.15, 0.2) is 22.8 Å². The number of hydrogen-bond acceptors (Lipinski definition) is 5. The summed E-state index contributed by atoms with van der Waals surface area (Å²) >= 11 is 0. The summed E-state index contributed by atoms with van der Waals surface area (Å²) < 4.78 is 5.83. The normalized spacial score (nSPS) is 45.1. The van der Waals surface area contributed by atoms with Gasteiger partial charge in [-0.3, -0.25) is 4.79 Å². The molecule has 0 aromatic heterocycles. The van der Waals surface area contributed by atoms with Crippen molar-refractivity contribution in [1.82, 2.24) is 0 Å². The van der Waals surface area contributed by atoms with Crippen molar-refractivity contribution in [2.75, 3.05) is 0 Å². The van der Waals surface area contributed by atoms with Crippen LogP contribution in [-0.4, -0.2) is 45.6 Å². The molecule has 4 fully saturated rings. The molecule has 0 aromatic carbocycles. The van der Waals surface area contributed by atoms with E-state index in [0.717, 1.165) is 36.8 Å². The molecule has 0 radical (unpaired) electrons. The molecular formula is C30H46O6. The Kier molecular flexibility index (Phi) is 7.53. The van der Waals surface area contributed by atoms with E-state index in [1.54, 1.807) is 0 Å². The average molecular weight is 503 g/mol. The summed E-state index contributed by atoms with van der Waals surface area (Å²) in [5, 5.41) is 32.6. The van der Waals surface area contributed by atoms with Gasteiger partial charge in [0.25, 0.3) is 0 Å². The lowest BCUT2D eigenvalue weighted by molar-refractivity contribution is -0.191. The van der Waals surface area contributed by atoms with E-state index in [-0.39, 0.29) is 40.6 Å². The van der Waals surface area contributed by atoms with Crippen LogP contribution < -0.4 is 0 Å². The number of carbonyl (C=O) groups excluding carboxylic acids is 1. The van der Waals surface area contributed by atoms with Gasteiger partial charge in [-0.1, -0.05) is 32.4 Å². The standard InChI is InChI=1S/C30H46O6/c1-16(2)8-7-9-19(28(34)35)26-22-14-24(33)27-21(30(22,6)15-25(26)36-18(4)31)11-10-20-17(3)23(32)12-13-29(20,27)5/h8,17,20-25,27,32-33H,7,9-15H2,1-6H3,(H,34,35)/b26-19-/t17-,20+,21-,22-,23+,24+,25-,27-,29-,30+/m0/s1. The summed E-state index contributed by atoms with van der Waals surface area (Å²) in [6, 6.07) is 0. The molecule has 6 heteroatoms. The van der Waals surface area contributed by atoms with Crippen molar-refractivity contribution in [3.05, 3.63) is 22.8 Å². The Morgan fingerprint density at radius 3 is 2.31 bits per heavy atom. The minimum Gasteiger partial charge on any atom is -0.478 e. The topological polar surface area (TPSA) is 104 Å². The fourth-order valence-corrected chi connectivity index (χ4v) is 9.24. The maximum absolute atomic E-state index is 12.5. The number of fused-ring (bicyclic) bond motifs is 5. The summed E-state index contributed by atoms with van der Waals surface area (Å²) in [5.74, 6) is -0.558. The minimum atomic E-state index is -0.948. The van der Waals surface area contributed by atoms with E-state index < -0.39 is 24.1 Å². The Labute approximate surface area is 216 Å². The number of rotatable bonds is 5. The molecule has 202 valence electrons. The van der Waals surface area contributed by atoms with Crippen LogP contribution >= 0.6 is 0 Å². The Morgan fingerprint density at radius 1 is 1.03 bits per heavy atom. The quantitative estimate of drug-likeness (QED) is 0.269. The third-order valence-corrected chi connectivity index (χ3v) is 10.8. The number of carbonyl (C=O) groups is 2. The maximum atomic E-state index is 12.5. The van der Waals surface area contributed by atoms with Crippen LogP contribution in [0.25, 0.3) is 0 Å². The maximum Gasteiger partial charge on any atom is 0.331 e. The van der Waals surface area contributed by atoms with E-state index in [9.17, 15) is 24.9 Å². The Hall–Kier alpha value is -1.66. The number of ether oxygens (including phenoxy) is 1. The van der Waals surface area contributed by atoms with Gasteiger partial charge in [-0.25, -0.2) is 4.79 Å². The van der Waals surface area contributed by atoms with Crippen molar-refractivity contribution in [2.24, 2.45) is 40.4 Å². The molecular weight excluding hydrogens is 456 g/mol. The van der Waals surface area contributed by atoms with E-state index >= 15 is 0 Å². The summed E-state index contributed by atoms with van der Waals surface area (Å²) in [4.78, 5) is 24.7. The van der Waals surface area contributed by atoms with Gasteiger partial charge in [0.05, 0.1) is 12.2 Å². The Bertz CT molecular complexity index is 947. The summed E-state index contributed by atoms with van der Waals surface area (Å²) in [5.41, 5.74) is 1.93. The van der Waals surface area contributed by atoms with Crippen molar-refractivity contribution in [3.63, 3.8) is 0 Å². The van der Waals surface area contributed by atoms with Gasteiger partial charge in [0, 0.05) is 12.5 Å². The second-order valence-electron chi connectivity index (χ2n) is 13.0. The van der Waals surface area contributed by atoms with Gasteiger partial charge in [-0.2, -0.15) is 0 Å². The molecule has 0 saturated heterocycles. The molecule has 0 aromatic rings. The van der Waals surface area contributed by atoms with Crippen LogP contribution in [0.4, 0.5) is 0 Å². The van der Waals surface area contributed by atoms with E-state index in [2.05, 4.69) is 20.8 Å². The fraction of sp³-hybridized carbons (Fsp3) is 0.800. The number of allylic oxidation sites excluding steroid dienone is 2. The third kappa shape index (κ3) is 4.47. The molecule has 0 heterocycles. The van der Waals surface area contributed by atoms with Gasteiger partial charge < -0.3 is 20.1 Å². The first-order valence-corrected chi connectivity index (χ1v) is 13.9. The number of carboxylic acid groups (broad SMARTS) is 1. The second-order valence-corrected chi connectivity index (χ2v) is 13.0. The lowest BCUT2D eigenvalue weighted by Gasteiger charge is -2.64. The summed E-state index contributed by atoms with van der Waals surface area (Å²) in [7, 11) is 0. The van der Waals surface area contributed by atoms with Crippen molar-refractivity contribution < 1.29 is 29.6 Å². The third-order valence-electron chi connectivity index (χ3n) is 10.8. The first-order valence-electron chi connectivity index (χ1n) is 13.9. The lowest BCUT2D eigenvalue weighted by Crippen LogP contribution is -2.61. The molecule has 3 N–H and O–H groups in total. The number of hydrogen-bond donors (Lipinski definition) is 3. The van der Waals surface area contributed by atoms with Gasteiger partial charge >= 0.3 is 11.9 Å². The largest absolute Gasteiger partial charge is 0.478 e. The molecule has 4 saturated carbocycles. The van der Waals surface area contributed by atoms with E-state index in [1.807, 2.05) is 19.9 Å². The van der Waals surface area contributed by atoms with Crippen molar-refractivity contribution in [1.29, 1.82) is 0 Å². The van der Waals surface area contributed by atoms with Gasteiger partial charge in [0.15, 0.2) is 0 Å². The first-order chi connectivity index (χ1) is 16.8. The van der Waals surface area contributed by atoms with Crippen molar-refractivity contribution in [2.45, 2.75) is 111 Å². The van der Waals surface area contributed by atoms with Gasteiger partial charge in [0.2, 0.25) is 0 Å². The number of esters is 1. The molecule has 10 atom stereocenters. The van der Waals surface area contributed by atoms with Crippen molar-refractivity contribution >= 4 is 11.9 Å². The van der Waals surface area contributed by atoms with Crippen LogP contribution in [0, 0.1) is 40.4 Å². The highest BCUT2D eigenvalue weighted by atomic mass is 16.5. The van der Waals surface area contributed by atoms with Crippen LogP contribution in [0.3, 0.4) is 0 Å². The highest BCUT2D eigenvalue weighted by Gasteiger charge is 2.66. The highest BCUT2D eigenvalue weighted by Crippen LogP contribution is 2.69. The zero-order chi connectivity index (χ0) is 26.6. The molecule has 0 spiro atoms. The molecule has 0 unspecified atom stereocenters. The average Bonchev–Trinajstić information content (AvgIpc) is 3.04. The molecule has 4 rings (SSSR count). The molecule has 4 aliphatic carbocycles. The van der Waals surface area contributed by atoms with E-state index in [0.29, 0.717) is 37.2 Å². The van der Waals surface area contributed by atoms with E-state index in [1.165, 1.54) is 6.92 Å².